The molecule has 0 unspecified atom stereocenters. The number of aryl methyl sites for hydroxylation is 1. The lowest BCUT2D eigenvalue weighted by molar-refractivity contribution is -0.128. The Morgan fingerprint density at radius 3 is 2.83 bits per heavy atom. The fourth-order valence-corrected chi connectivity index (χ4v) is 1.33. The molecule has 0 bridgehead atoms. The second-order valence-corrected chi connectivity index (χ2v) is 3.88. The molecule has 0 saturated carbocycles. The average Bonchev–Trinajstić information content (AvgIpc) is 2.74. The van der Waals surface area contributed by atoms with Crippen LogP contribution in [0.5, 0.6) is 0 Å². The molecule has 100 valence electrons. The molecule has 1 aromatic heterocycles. The van der Waals surface area contributed by atoms with E-state index in [-0.39, 0.29) is 18.4 Å². The van der Waals surface area contributed by atoms with Crippen molar-refractivity contribution in [2.45, 2.75) is 32.7 Å². The van der Waals surface area contributed by atoms with Crippen LogP contribution in [-0.4, -0.2) is 33.4 Å². The Hall–Kier alpha value is -1.96. The second-order valence-electron chi connectivity index (χ2n) is 3.88. The summed E-state index contributed by atoms with van der Waals surface area (Å²) < 4.78 is 1.43. The maximum atomic E-state index is 11.4. The molecular formula is C10H18N6O2. The van der Waals surface area contributed by atoms with Crippen LogP contribution in [-0.2, 0) is 22.6 Å². The average molecular weight is 254 g/mol. The van der Waals surface area contributed by atoms with Crippen LogP contribution in [0.2, 0.25) is 0 Å². The molecule has 4 N–H and O–H groups in total. The Kier molecular flexibility index (Phi) is 5.78. The Bertz CT molecular complexity index is 403. The number of carbonyl (C=O) groups is 2. The second kappa shape index (κ2) is 7.38. The van der Waals surface area contributed by atoms with Crippen molar-refractivity contribution in [3.8, 4) is 0 Å². The Morgan fingerprint density at radius 1 is 1.39 bits per heavy atom. The van der Waals surface area contributed by atoms with Gasteiger partial charge < -0.3 is 5.73 Å². The van der Waals surface area contributed by atoms with Gasteiger partial charge in [0.15, 0.2) is 0 Å². The van der Waals surface area contributed by atoms with Crippen LogP contribution in [0.4, 0.5) is 0 Å². The number of hydrogen-bond donors (Lipinski definition) is 3. The van der Waals surface area contributed by atoms with Crippen LogP contribution in [0.1, 0.15) is 25.5 Å². The van der Waals surface area contributed by atoms with Gasteiger partial charge in [0.2, 0.25) is 5.91 Å². The van der Waals surface area contributed by atoms with E-state index in [1.807, 2.05) is 0 Å². The molecule has 8 heteroatoms. The standard InChI is InChI=1S/C10H18N6O2/c1-8(17)12-14-10(18)7-16-6-9(13-15-16)4-2-3-5-11/h6H,2-5,7,11H2,1H3,(H,12,17)(H,14,18). The zero-order valence-corrected chi connectivity index (χ0v) is 10.3. The first kappa shape index (κ1) is 14.1. The molecular weight excluding hydrogens is 236 g/mol. The summed E-state index contributed by atoms with van der Waals surface area (Å²) in [6, 6.07) is 0. The molecule has 2 amide bonds. The number of nitrogens with zero attached hydrogens (tertiary/aromatic N) is 3. The number of amides is 2. The monoisotopic (exact) mass is 254 g/mol. The van der Waals surface area contributed by atoms with E-state index < -0.39 is 0 Å². The van der Waals surface area contributed by atoms with Crippen molar-refractivity contribution in [1.29, 1.82) is 0 Å². The van der Waals surface area contributed by atoms with E-state index in [9.17, 15) is 9.59 Å². The lowest BCUT2D eigenvalue weighted by Crippen LogP contribution is -2.42. The SMILES string of the molecule is CC(=O)NNC(=O)Cn1cc(CCCCN)nn1. The lowest BCUT2D eigenvalue weighted by Gasteiger charge is -2.03. The van der Waals surface area contributed by atoms with Gasteiger partial charge in [-0.05, 0) is 25.8 Å². The van der Waals surface area contributed by atoms with E-state index in [1.165, 1.54) is 11.6 Å². The number of carbonyl (C=O) groups excluding carboxylic acids is 2. The quantitative estimate of drug-likeness (QED) is 0.432. The van der Waals surface area contributed by atoms with Crippen molar-refractivity contribution in [3.63, 3.8) is 0 Å². The summed E-state index contributed by atoms with van der Waals surface area (Å²) in [6.07, 6.45) is 4.40. The fourth-order valence-electron chi connectivity index (χ4n) is 1.33. The molecule has 8 nitrogen and oxygen atoms in total. The predicted molar refractivity (Wildman–Crippen MR) is 64.0 cm³/mol. The molecule has 0 fully saturated rings. The molecule has 0 saturated heterocycles. The molecule has 18 heavy (non-hydrogen) atoms. The number of nitrogens with two attached hydrogens (primary N) is 1. The molecule has 0 spiro atoms. The molecule has 0 atom stereocenters. The minimum Gasteiger partial charge on any atom is -0.330 e. The van der Waals surface area contributed by atoms with Crippen molar-refractivity contribution in [2.75, 3.05) is 6.54 Å². The van der Waals surface area contributed by atoms with Crippen LogP contribution in [0.3, 0.4) is 0 Å². The largest absolute Gasteiger partial charge is 0.330 e. The maximum absolute atomic E-state index is 11.4. The molecule has 0 aromatic carbocycles. The summed E-state index contributed by atoms with van der Waals surface area (Å²) in [5, 5.41) is 7.76. The molecule has 1 heterocycles. The van der Waals surface area contributed by atoms with E-state index in [0.717, 1.165) is 25.0 Å². The van der Waals surface area contributed by atoms with Crippen LogP contribution in [0.25, 0.3) is 0 Å². The van der Waals surface area contributed by atoms with Gasteiger partial charge >= 0.3 is 0 Å². The molecule has 0 aliphatic carbocycles. The van der Waals surface area contributed by atoms with E-state index in [1.54, 1.807) is 6.20 Å². The van der Waals surface area contributed by atoms with Crippen LogP contribution in [0, 0.1) is 0 Å². The third-order valence-electron chi connectivity index (χ3n) is 2.16. The topological polar surface area (TPSA) is 115 Å². The molecule has 1 aromatic rings. The Balaban J connectivity index is 2.34. The van der Waals surface area contributed by atoms with Gasteiger partial charge in [0, 0.05) is 13.1 Å². The normalized spacial score (nSPS) is 10.1. The lowest BCUT2D eigenvalue weighted by atomic mass is 10.2. The van der Waals surface area contributed by atoms with E-state index in [0.29, 0.717) is 6.54 Å². The van der Waals surface area contributed by atoms with Crippen molar-refractivity contribution in [2.24, 2.45) is 5.73 Å². The van der Waals surface area contributed by atoms with E-state index in [2.05, 4.69) is 21.2 Å². The predicted octanol–water partition coefficient (Wildman–Crippen LogP) is -1.27. The van der Waals surface area contributed by atoms with Gasteiger partial charge in [0.05, 0.1) is 5.69 Å². The van der Waals surface area contributed by atoms with Crippen LogP contribution >= 0.6 is 0 Å². The first-order valence-corrected chi connectivity index (χ1v) is 5.76. The Morgan fingerprint density at radius 2 is 2.17 bits per heavy atom. The van der Waals surface area contributed by atoms with Gasteiger partial charge in [-0.3, -0.25) is 20.4 Å². The fraction of sp³-hybridized carbons (Fsp3) is 0.600. The van der Waals surface area contributed by atoms with Gasteiger partial charge in [0.1, 0.15) is 6.54 Å². The molecule has 0 radical (unpaired) electrons. The third kappa shape index (κ3) is 5.39. The summed E-state index contributed by atoms with van der Waals surface area (Å²) in [6.45, 7) is 1.99. The number of rotatable bonds is 6. The van der Waals surface area contributed by atoms with Gasteiger partial charge in [-0.15, -0.1) is 5.10 Å². The van der Waals surface area contributed by atoms with Crippen LogP contribution in [0.15, 0.2) is 6.20 Å². The van der Waals surface area contributed by atoms with E-state index >= 15 is 0 Å². The summed E-state index contributed by atoms with van der Waals surface area (Å²) >= 11 is 0. The first-order valence-electron chi connectivity index (χ1n) is 5.76. The first-order chi connectivity index (χ1) is 8.61. The molecule has 1 rings (SSSR count). The van der Waals surface area contributed by atoms with Gasteiger partial charge in [-0.2, -0.15) is 0 Å². The van der Waals surface area contributed by atoms with Crippen molar-refractivity contribution in [1.82, 2.24) is 25.8 Å². The smallest absolute Gasteiger partial charge is 0.260 e. The van der Waals surface area contributed by atoms with Crippen LogP contribution < -0.4 is 16.6 Å². The highest BCUT2D eigenvalue weighted by atomic mass is 16.2. The maximum Gasteiger partial charge on any atom is 0.260 e. The minimum atomic E-state index is -0.358. The summed E-state index contributed by atoms with van der Waals surface area (Å²) in [4.78, 5) is 21.9. The minimum absolute atomic E-state index is 0.0180. The summed E-state index contributed by atoms with van der Waals surface area (Å²) in [5.74, 6) is -0.687. The van der Waals surface area contributed by atoms with Crippen molar-refractivity contribution in [3.05, 3.63) is 11.9 Å². The van der Waals surface area contributed by atoms with Gasteiger partial charge in [-0.1, -0.05) is 5.21 Å². The third-order valence-corrected chi connectivity index (χ3v) is 2.16. The molecule has 0 aliphatic rings. The number of aromatic nitrogens is 3. The zero-order valence-electron chi connectivity index (χ0n) is 10.3. The number of hydrazine groups is 1. The highest BCUT2D eigenvalue weighted by Gasteiger charge is 2.06. The number of unbranched alkanes of at least 4 members (excludes halogenated alkanes) is 1. The number of nitrogens with one attached hydrogen (secondary N) is 2. The summed E-state index contributed by atoms with van der Waals surface area (Å²) in [5.41, 5.74) is 10.7. The summed E-state index contributed by atoms with van der Waals surface area (Å²) in [7, 11) is 0. The Labute approximate surface area is 105 Å². The van der Waals surface area contributed by atoms with Crippen molar-refractivity contribution < 1.29 is 9.59 Å². The highest BCUT2D eigenvalue weighted by molar-refractivity contribution is 5.80. The van der Waals surface area contributed by atoms with Gasteiger partial charge in [0.25, 0.3) is 5.91 Å². The zero-order chi connectivity index (χ0) is 13.4. The van der Waals surface area contributed by atoms with Gasteiger partial charge in [-0.25, -0.2) is 4.68 Å². The van der Waals surface area contributed by atoms with Crippen molar-refractivity contribution >= 4 is 11.8 Å². The molecule has 0 aliphatic heterocycles. The highest BCUT2D eigenvalue weighted by Crippen LogP contribution is 1.99. The van der Waals surface area contributed by atoms with E-state index in [4.69, 9.17) is 5.73 Å². The number of hydrogen-bond acceptors (Lipinski definition) is 5.